The molecule has 0 aromatic carbocycles. The molecule has 0 rings (SSSR count). The van der Waals surface area contributed by atoms with Crippen molar-refractivity contribution < 1.29 is 4.57 Å². The van der Waals surface area contributed by atoms with Crippen LogP contribution in [0.2, 0.25) is 0 Å². The first kappa shape index (κ1) is 16.5. The summed E-state index contributed by atoms with van der Waals surface area (Å²) in [5.74, 6) is 0. The lowest BCUT2D eigenvalue weighted by atomic mass is 11.9. The largest absolute Gasteiger partial charge is 0.332 e. The Morgan fingerprint density at radius 1 is 1.17 bits per heavy atom. The molecule has 0 fully saturated rings. The maximum absolute atomic E-state index is 9.59. The first-order valence-electron chi connectivity index (χ1n) is 1.08. The molecule has 0 spiro atoms. The van der Waals surface area contributed by atoms with Gasteiger partial charge >= 0.3 is 7.80 Å². The first-order valence-corrected chi connectivity index (χ1v) is 3.23. The third-order valence-corrected chi connectivity index (χ3v) is 0. The minimum absolute atomic E-state index is 0. The smallest absolute Gasteiger partial charge is 0.0776 e. The molecule has 40 valence electrons. The first-order chi connectivity index (χ1) is 1.73. The molecule has 0 atom stereocenters. The predicted octanol–water partition coefficient (Wildman–Crippen LogP) is 2.35. The topological polar surface area (TPSA) is 17.1 Å². The van der Waals surface area contributed by atoms with E-state index in [2.05, 4.69) is 0 Å². The fourth-order valence-corrected chi connectivity index (χ4v) is 0. The van der Waals surface area contributed by atoms with Gasteiger partial charge in [0.05, 0.1) is 0 Å². The van der Waals surface area contributed by atoms with Gasteiger partial charge < -0.3 is 0 Å². The summed E-state index contributed by atoms with van der Waals surface area (Å²) >= 11 is 0. The fraction of sp³-hybridized carbons (Fsp3) is 1.00. The van der Waals surface area contributed by atoms with Gasteiger partial charge in [-0.15, -0.1) is 0 Å². The van der Waals surface area contributed by atoms with Gasteiger partial charge in [-0.25, -0.2) is 0 Å². The molecule has 2 heteroatoms. The van der Waals surface area contributed by atoms with E-state index in [-0.39, 0.29) is 14.9 Å². The number of rotatable bonds is 0. The lowest BCUT2D eigenvalue weighted by Gasteiger charge is -1.37. The van der Waals surface area contributed by atoms with E-state index in [4.69, 9.17) is 0 Å². The minimum Gasteiger partial charge on any atom is -0.0776 e. The monoisotopic (exact) mass is 109 g/mol. The summed E-state index contributed by atoms with van der Waals surface area (Å²) in [5, 5.41) is 0. The Balaban J connectivity index is -0.0000000450. The normalized spacial score (nSPS) is 4.33. The summed E-state index contributed by atoms with van der Waals surface area (Å²) in [5.41, 5.74) is 0. The molecule has 0 aromatic rings. The summed E-state index contributed by atoms with van der Waals surface area (Å²) in [6.45, 7) is 3.35. The van der Waals surface area contributed by atoms with Gasteiger partial charge in [-0.1, -0.05) is 19.4 Å². The Morgan fingerprint density at radius 3 is 1.17 bits per heavy atom. The van der Waals surface area contributed by atoms with Crippen LogP contribution < -0.4 is 0 Å². The minimum atomic E-state index is -0.870. The highest BCUT2D eigenvalue weighted by Crippen LogP contribution is 2.00. The Kier molecular flexibility index (Phi) is 24.5. The van der Waals surface area contributed by atoms with Crippen molar-refractivity contribution in [3.63, 3.8) is 0 Å². The summed E-state index contributed by atoms with van der Waals surface area (Å²) < 4.78 is 9.59. The zero-order valence-corrected chi connectivity index (χ0v) is 3.75. The van der Waals surface area contributed by atoms with E-state index < -0.39 is 7.80 Å². The fourth-order valence-electron chi connectivity index (χ4n) is 0. The molecule has 1 nitrogen and oxygen atoms in total. The van der Waals surface area contributed by atoms with E-state index in [1.54, 1.807) is 13.3 Å². The maximum Gasteiger partial charge on any atom is 0.332 e. The number of hydrogen-bond donors (Lipinski definition) is 0. The molecule has 0 aromatic heterocycles. The average Bonchev–Trinajstić information content (AvgIpc) is 0.811. The van der Waals surface area contributed by atoms with Crippen LogP contribution in [0.3, 0.4) is 0 Å². The van der Waals surface area contributed by atoms with E-state index in [9.17, 15) is 4.57 Å². The van der Waals surface area contributed by atoms with Crippen LogP contribution in [0.1, 0.15) is 14.9 Å². The lowest BCUT2D eigenvalue weighted by Crippen LogP contribution is -1.33. The molecule has 0 amide bonds. The lowest BCUT2D eigenvalue weighted by molar-refractivity contribution is 0.594. The van der Waals surface area contributed by atoms with Gasteiger partial charge in [0.1, 0.15) is 13.3 Å². The van der Waals surface area contributed by atoms with Crippen LogP contribution in [0.4, 0.5) is 0 Å². The molecule has 0 unspecified atom stereocenters. The van der Waals surface area contributed by atoms with Crippen LogP contribution in [0, 0.1) is 0 Å². The van der Waals surface area contributed by atoms with Gasteiger partial charge in [-0.3, -0.25) is 0 Å². The molecule has 0 radical (unpaired) electrons. The highest BCUT2D eigenvalue weighted by molar-refractivity contribution is 7.42. The Morgan fingerprint density at radius 2 is 1.17 bits per heavy atom. The Bertz CT molecular complexity index is 30.5. The van der Waals surface area contributed by atoms with Crippen LogP contribution in [-0.2, 0) is 4.57 Å². The van der Waals surface area contributed by atoms with E-state index in [0.717, 1.165) is 0 Å². The molecule has 0 aliphatic rings. The maximum atomic E-state index is 9.59. The van der Waals surface area contributed by atoms with Crippen molar-refractivity contribution in [3.8, 4) is 0 Å². The third-order valence-electron chi connectivity index (χ3n) is 0. The highest BCUT2D eigenvalue weighted by atomic mass is 31.1. The molecule has 0 heterocycles. The van der Waals surface area contributed by atoms with Crippen LogP contribution in [0.15, 0.2) is 0 Å². The van der Waals surface area contributed by atoms with E-state index in [1.165, 1.54) is 0 Å². The quantitative estimate of drug-likeness (QED) is 0.436. The van der Waals surface area contributed by atoms with E-state index in [1.807, 2.05) is 0 Å². The molecule has 6 heavy (non-hydrogen) atoms. The second-order valence-corrected chi connectivity index (χ2v) is 2.44. The van der Waals surface area contributed by atoms with Gasteiger partial charge in [0.2, 0.25) is 0 Å². The summed E-state index contributed by atoms with van der Waals surface area (Å²) in [6, 6.07) is 0. The van der Waals surface area contributed by atoms with Gasteiger partial charge in [0.15, 0.2) is 0 Å². The van der Waals surface area contributed by atoms with Gasteiger partial charge in [0, 0.05) is 0 Å². The van der Waals surface area contributed by atoms with Crippen LogP contribution >= 0.6 is 7.80 Å². The zero-order valence-electron chi connectivity index (χ0n) is 2.86. The molecular weight excluding hydrogens is 95.0 g/mol. The van der Waals surface area contributed by atoms with Crippen molar-refractivity contribution in [3.05, 3.63) is 0 Å². The van der Waals surface area contributed by atoms with E-state index in [0.29, 0.717) is 0 Å². The van der Waals surface area contributed by atoms with E-state index >= 15 is 0 Å². The van der Waals surface area contributed by atoms with Crippen molar-refractivity contribution in [2.45, 2.75) is 14.9 Å². The third kappa shape index (κ3) is 3940. The average molecular weight is 109 g/mol. The summed E-state index contributed by atoms with van der Waals surface area (Å²) in [4.78, 5) is 0. The predicted molar refractivity (Wildman–Crippen MR) is 32.9 cm³/mol. The van der Waals surface area contributed by atoms with Gasteiger partial charge in [-0.2, -0.15) is 0 Å². The van der Waals surface area contributed by atoms with Gasteiger partial charge in [0.25, 0.3) is 0 Å². The molecule has 0 saturated carbocycles. The van der Waals surface area contributed by atoms with Crippen LogP contribution in [0.5, 0.6) is 0 Å². The van der Waals surface area contributed by atoms with Crippen molar-refractivity contribution >= 4 is 7.80 Å². The van der Waals surface area contributed by atoms with Crippen molar-refractivity contribution in [1.82, 2.24) is 0 Å². The highest BCUT2D eigenvalue weighted by Gasteiger charge is 1.80. The molecule has 0 N–H and O–H groups in total. The Labute approximate surface area is 41.6 Å². The second-order valence-electron chi connectivity index (χ2n) is 0.812. The standard InChI is InChI=1S/C2H6OP.2CH4/c1-4(2)3;;/h1-2H3;2*1H4/q+1;;. The molecule has 0 saturated heterocycles. The van der Waals surface area contributed by atoms with Gasteiger partial charge in [-0.05, 0) is 0 Å². The molecule has 0 bridgehead atoms. The SMILES string of the molecule is C.C.C[P+](C)=O. The van der Waals surface area contributed by atoms with Crippen LogP contribution in [0.25, 0.3) is 0 Å². The van der Waals surface area contributed by atoms with Crippen molar-refractivity contribution in [2.24, 2.45) is 0 Å². The zero-order chi connectivity index (χ0) is 3.58. The summed E-state index contributed by atoms with van der Waals surface area (Å²) in [6.07, 6.45) is 0. The number of hydrogen-bond acceptors (Lipinski definition) is 1. The Hall–Kier alpha value is 0.100. The van der Waals surface area contributed by atoms with Crippen molar-refractivity contribution in [2.75, 3.05) is 13.3 Å². The molecular formula is C4H14OP+. The van der Waals surface area contributed by atoms with Crippen molar-refractivity contribution in [1.29, 1.82) is 0 Å². The summed E-state index contributed by atoms with van der Waals surface area (Å²) in [7, 11) is -0.870. The second kappa shape index (κ2) is 8.92. The molecule has 0 aliphatic carbocycles. The molecule has 0 aliphatic heterocycles. The van der Waals surface area contributed by atoms with Crippen LogP contribution in [-0.4, -0.2) is 13.3 Å².